The maximum absolute atomic E-state index is 12.4. The van der Waals surface area contributed by atoms with Gasteiger partial charge in [0.1, 0.15) is 12.4 Å². The first-order chi connectivity index (χ1) is 14.5. The van der Waals surface area contributed by atoms with Gasteiger partial charge in [-0.3, -0.25) is 9.69 Å². The van der Waals surface area contributed by atoms with Crippen molar-refractivity contribution in [1.29, 1.82) is 0 Å². The van der Waals surface area contributed by atoms with E-state index in [1.54, 1.807) is 4.90 Å². The summed E-state index contributed by atoms with van der Waals surface area (Å²) in [5.74, 6) is 0.876. The van der Waals surface area contributed by atoms with E-state index in [-0.39, 0.29) is 18.0 Å². The van der Waals surface area contributed by atoms with Crippen molar-refractivity contribution in [3.8, 4) is 5.75 Å². The SMILES string of the molecule is CC(C)NC(=O)N1CCOc2ccc(CCC(=O)NCCN3CCOCC3)cc2C1. The summed E-state index contributed by atoms with van der Waals surface area (Å²) in [4.78, 5) is 28.7. The molecule has 1 fully saturated rings. The van der Waals surface area contributed by atoms with Crippen LogP contribution in [0.15, 0.2) is 18.2 Å². The Morgan fingerprint density at radius 3 is 2.70 bits per heavy atom. The summed E-state index contributed by atoms with van der Waals surface area (Å²) in [6, 6.07) is 6.02. The fourth-order valence-corrected chi connectivity index (χ4v) is 3.64. The van der Waals surface area contributed by atoms with Gasteiger partial charge in [0.25, 0.3) is 0 Å². The minimum atomic E-state index is -0.0773. The molecule has 2 aliphatic heterocycles. The lowest BCUT2D eigenvalue weighted by atomic mass is 10.0. The maximum atomic E-state index is 12.4. The van der Waals surface area contributed by atoms with E-state index in [9.17, 15) is 9.59 Å². The number of fused-ring (bicyclic) bond motifs is 1. The smallest absolute Gasteiger partial charge is 0.318 e. The number of hydrogen-bond acceptors (Lipinski definition) is 5. The third kappa shape index (κ3) is 6.88. The van der Waals surface area contributed by atoms with Crippen LogP contribution in [0.1, 0.15) is 31.4 Å². The number of rotatable bonds is 7. The molecule has 0 bridgehead atoms. The Hall–Kier alpha value is -2.32. The van der Waals surface area contributed by atoms with Crippen LogP contribution in [0.3, 0.4) is 0 Å². The molecular weight excluding hydrogens is 384 g/mol. The quantitative estimate of drug-likeness (QED) is 0.699. The number of urea groups is 1. The fourth-order valence-electron chi connectivity index (χ4n) is 3.64. The van der Waals surface area contributed by atoms with Crippen molar-refractivity contribution in [1.82, 2.24) is 20.4 Å². The molecule has 3 rings (SSSR count). The number of aryl methyl sites for hydroxylation is 1. The fraction of sp³-hybridized carbons (Fsp3) is 0.636. The van der Waals surface area contributed by atoms with E-state index in [1.807, 2.05) is 26.0 Å². The number of carbonyl (C=O) groups excluding carboxylic acids is 2. The molecule has 0 unspecified atom stereocenters. The van der Waals surface area contributed by atoms with E-state index in [2.05, 4.69) is 21.6 Å². The Morgan fingerprint density at radius 1 is 1.13 bits per heavy atom. The van der Waals surface area contributed by atoms with Crippen molar-refractivity contribution in [2.24, 2.45) is 0 Å². The van der Waals surface area contributed by atoms with Crippen LogP contribution in [0, 0.1) is 0 Å². The van der Waals surface area contributed by atoms with E-state index in [0.717, 1.165) is 49.7 Å². The van der Waals surface area contributed by atoms with Crippen molar-refractivity contribution in [3.63, 3.8) is 0 Å². The lowest BCUT2D eigenvalue weighted by Gasteiger charge is -2.26. The Balaban J connectivity index is 1.47. The molecule has 2 aliphatic rings. The van der Waals surface area contributed by atoms with Crippen molar-refractivity contribution < 1.29 is 19.1 Å². The van der Waals surface area contributed by atoms with Crippen LogP contribution in [-0.4, -0.2) is 80.3 Å². The zero-order valence-corrected chi connectivity index (χ0v) is 18.1. The van der Waals surface area contributed by atoms with Gasteiger partial charge in [0.15, 0.2) is 0 Å². The summed E-state index contributed by atoms with van der Waals surface area (Å²) in [6.45, 7) is 10.4. The molecule has 8 nitrogen and oxygen atoms in total. The maximum Gasteiger partial charge on any atom is 0.318 e. The van der Waals surface area contributed by atoms with Crippen LogP contribution >= 0.6 is 0 Å². The molecule has 1 aromatic rings. The largest absolute Gasteiger partial charge is 0.491 e. The molecule has 0 aromatic heterocycles. The van der Waals surface area contributed by atoms with Crippen molar-refractivity contribution in [2.75, 3.05) is 52.5 Å². The normalized spacial score (nSPS) is 17.1. The average Bonchev–Trinajstić information content (AvgIpc) is 2.94. The highest BCUT2D eigenvalue weighted by molar-refractivity contribution is 5.76. The third-order valence-electron chi connectivity index (χ3n) is 5.30. The lowest BCUT2D eigenvalue weighted by Crippen LogP contribution is -2.43. The third-order valence-corrected chi connectivity index (χ3v) is 5.30. The van der Waals surface area contributed by atoms with Crippen LogP contribution in [0.4, 0.5) is 4.79 Å². The standard InChI is InChI=1S/C22H34N4O4/c1-17(2)24-22(28)26-11-14-30-20-5-3-18(15-19(20)16-26)4-6-21(27)23-7-8-25-9-12-29-13-10-25/h3,5,15,17H,4,6-14,16H2,1-2H3,(H,23,27)(H,24,28). The van der Waals surface area contributed by atoms with Gasteiger partial charge in [-0.15, -0.1) is 0 Å². The van der Waals surface area contributed by atoms with Crippen LogP contribution in [0.5, 0.6) is 5.75 Å². The number of nitrogens with one attached hydrogen (secondary N) is 2. The summed E-state index contributed by atoms with van der Waals surface area (Å²) in [5, 5.41) is 5.94. The second-order valence-corrected chi connectivity index (χ2v) is 8.12. The monoisotopic (exact) mass is 418 g/mol. The lowest BCUT2D eigenvalue weighted by molar-refractivity contribution is -0.121. The topological polar surface area (TPSA) is 83.1 Å². The van der Waals surface area contributed by atoms with Crippen LogP contribution in [-0.2, 0) is 22.5 Å². The molecule has 0 atom stereocenters. The first kappa shape index (κ1) is 22.4. The molecule has 0 saturated carbocycles. The molecule has 30 heavy (non-hydrogen) atoms. The Bertz CT molecular complexity index is 719. The molecule has 0 aliphatic carbocycles. The molecule has 2 N–H and O–H groups in total. The molecule has 0 spiro atoms. The second-order valence-electron chi connectivity index (χ2n) is 8.12. The highest BCUT2D eigenvalue weighted by Crippen LogP contribution is 2.25. The minimum absolute atomic E-state index is 0.0624. The van der Waals surface area contributed by atoms with E-state index in [0.29, 0.717) is 39.1 Å². The van der Waals surface area contributed by atoms with Gasteiger partial charge in [-0.2, -0.15) is 0 Å². The molecule has 2 heterocycles. The molecule has 0 radical (unpaired) electrons. The summed E-state index contributed by atoms with van der Waals surface area (Å²) >= 11 is 0. The molecule has 8 heteroatoms. The highest BCUT2D eigenvalue weighted by atomic mass is 16.5. The van der Waals surface area contributed by atoms with Gasteiger partial charge in [0.05, 0.1) is 26.3 Å². The Kier molecular flexibility index (Phi) is 8.33. The number of carbonyl (C=O) groups is 2. The zero-order chi connectivity index (χ0) is 21.3. The van der Waals surface area contributed by atoms with Crippen molar-refractivity contribution in [2.45, 2.75) is 39.3 Å². The summed E-state index contributed by atoms with van der Waals surface area (Å²) in [6.07, 6.45) is 1.11. The predicted molar refractivity (Wildman–Crippen MR) is 115 cm³/mol. The van der Waals surface area contributed by atoms with Crippen LogP contribution < -0.4 is 15.4 Å². The summed E-state index contributed by atoms with van der Waals surface area (Å²) in [7, 11) is 0. The van der Waals surface area contributed by atoms with Gasteiger partial charge in [0.2, 0.25) is 5.91 Å². The van der Waals surface area contributed by atoms with Gasteiger partial charge in [0, 0.05) is 44.2 Å². The molecular formula is C22H34N4O4. The van der Waals surface area contributed by atoms with Gasteiger partial charge in [-0.25, -0.2) is 4.79 Å². The van der Waals surface area contributed by atoms with Gasteiger partial charge in [-0.05, 0) is 31.9 Å². The van der Waals surface area contributed by atoms with E-state index in [1.165, 1.54) is 0 Å². The van der Waals surface area contributed by atoms with E-state index >= 15 is 0 Å². The zero-order valence-electron chi connectivity index (χ0n) is 18.1. The number of amides is 3. The number of nitrogens with zero attached hydrogens (tertiary/aromatic N) is 2. The predicted octanol–water partition coefficient (Wildman–Crippen LogP) is 1.38. The average molecular weight is 419 g/mol. The Morgan fingerprint density at radius 2 is 1.93 bits per heavy atom. The van der Waals surface area contributed by atoms with E-state index in [4.69, 9.17) is 9.47 Å². The second kappa shape index (κ2) is 11.2. The van der Waals surface area contributed by atoms with Gasteiger partial charge in [-0.1, -0.05) is 12.1 Å². The summed E-state index contributed by atoms with van der Waals surface area (Å²) in [5.41, 5.74) is 2.06. The first-order valence-corrected chi connectivity index (χ1v) is 10.9. The molecule has 3 amide bonds. The van der Waals surface area contributed by atoms with Crippen LogP contribution in [0.2, 0.25) is 0 Å². The van der Waals surface area contributed by atoms with Crippen molar-refractivity contribution in [3.05, 3.63) is 29.3 Å². The highest BCUT2D eigenvalue weighted by Gasteiger charge is 2.20. The molecule has 166 valence electrons. The minimum Gasteiger partial charge on any atom is -0.491 e. The Labute approximate surface area is 178 Å². The van der Waals surface area contributed by atoms with Crippen molar-refractivity contribution >= 4 is 11.9 Å². The molecule has 1 aromatic carbocycles. The van der Waals surface area contributed by atoms with Crippen LogP contribution in [0.25, 0.3) is 0 Å². The van der Waals surface area contributed by atoms with Gasteiger partial charge >= 0.3 is 6.03 Å². The number of hydrogen-bond donors (Lipinski definition) is 2. The molecule has 1 saturated heterocycles. The van der Waals surface area contributed by atoms with Gasteiger partial charge < -0.3 is 25.0 Å². The number of benzene rings is 1. The van der Waals surface area contributed by atoms with E-state index < -0.39 is 0 Å². The summed E-state index contributed by atoms with van der Waals surface area (Å²) < 4.78 is 11.1. The number of morpholine rings is 1. The first-order valence-electron chi connectivity index (χ1n) is 10.9. The number of ether oxygens (including phenoxy) is 2.